The summed E-state index contributed by atoms with van der Waals surface area (Å²) in [7, 11) is 0. The number of aromatic carboxylic acids is 1. The van der Waals surface area contributed by atoms with Crippen molar-refractivity contribution in [2.75, 3.05) is 11.9 Å². The van der Waals surface area contributed by atoms with Gasteiger partial charge in [-0.1, -0.05) is 6.07 Å². The van der Waals surface area contributed by atoms with Crippen LogP contribution in [0.15, 0.2) is 18.2 Å². The Bertz CT molecular complexity index is 402. The maximum atomic E-state index is 10.8. The zero-order valence-electron chi connectivity index (χ0n) is 8.28. The summed E-state index contributed by atoms with van der Waals surface area (Å²) in [6, 6.07) is 4.84. The van der Waals surface area contributed by atoms with Gasteiger partial charge in [-0.25, -0.2) is 4.79 Å². The van der Waals surface area contributed by atoms with Gasteiger partial charge in [0.25, 0.3) is 0 Å². The number of anilines is 1. The lowest BCUT2D eigenvalue weighted by Gasteiger charge is -2.08. The normalized spacial score (nSPS) is 9.67. The number of carboxylic acid groups (broad SMARTS) is 1. The van der Waals surface area contributed by atoms with Crippen LogP contribution in [0.3, 0.4) is 0 Å². The standard InChI is InChI=1S/C10H12N2O3/c1-6-2-3-7(10(14)15)8(4-6)12-5-9(11)13/h2-4,12H,5H2,1H3,(H2,11,13)(H,14,15). The van der Waals surface area contributed by atoms with E-state index in [-0.39, 0.29) is 12.1 Å². The number of nitrogens with one attached hydrogen (secondary N) is 1. The molecule has 0 bridgehead atoms. The molecule has 0 spiro atoms. The van der Waals surface area contributed by atoms with Gasteiger partial charge in [0.2, 0.25) is 5.91 Å². The van der Waals surface area contributed by atoms with Gasteiger partial charge in [-0.3, -0.25) is 4.79 Å². The number of amides is 1. The second kappa shape index (κ2) is 4.45. The fourth-order valence-electron chi connectivity index (χ4n) is 1.17. The molecule has 5 heteroatoms. The summed E-state index contributed by atoms with van der Waals surface area (Å²) < 4.78 is 0. The van der Waals surface area contributed by atoms with Crippen LogP contribution in [-0.2, 0) is 4.79 Å². The lowest BCUT2D eigenvalue weighted by atomic mass is 10.1. The highest BCUT2D eigenvalue weighted by Gasteiger charge is 2.09. The Balaban J connectivity index is 2.96. The molecule has 0 saturated carbocycles. The van der Waals surface area contributed by atoms with Crippen LogP contribution < -0.4 is 11.1 Å². The first-order chi connectivity index (χ1) is 7.00. The summed E-state index contributed by atoms with van der Waals surface area (Å²) >= 11 is 0. The van der Waals surface area contributed by atoms with Crippen molar-refractivity contribution in [2.24, 2.45) is 5.73 Å². The Hall–Kier alpha value is -2.04. The molecule has 0 radical (unpaired) electrons. The molecule has 1 aromatic carbocycles. The number of primary amides is 1. The summed E-state index contributed by atoms with van der Waals surface area (Å²) in [5.74, 6) is -1.57. The van der Waals surface area contributed by atoms with Gasteiger partial charge in [0.1, 0.15) is 0 Å². The molecule has 80 valence electrons. The molecule has 1 aromatic rings. The number of nitrogens with two attached hydrogens (primary N) is 1. The first-order valence-electron chi connectivity index (χ1n) is 4.37. The van der Waals surface area contributed by atoms with E-state index in [1.54, 1.807) is 12.1 Å². The lowest BCUT2D eigenvalue weighted by Crippen LogP contribution is -2.22. The van der Waals surface area contributed by atoms with Crippen LogP contribution in [0, 0.1) is 6.92 Å². The van der Waals surface area contributed by atoms with Crippen molar-refractivity contribution < 1.29 is 14.7 Å². The number of hydrogen-bond acceptors (Lipinski definition) is 3. The molecular formula is C10H12N2O3. The Kier molecular flexibility index (Phi) is 3.28. The zero-order valence-corrected chi connectivity index (χ0v) is 8.28. The van der Waals surface area contributed by atoms with Crippen molar-refractivity contribution in [3.8, 4) is 0 Å². The van der Waals surface area contributed by atoms with E-state index >= 15 is 0 Å². The number of rotatable bonds is 4. The largest absolute Gasteiger partial charge is 0.478 e. The van der Waals surface area contributed by atoms with Crippen molar-refractivity contribution in [3.05, 3.63) is 29.3 Å². The number of carboxylic acids is 1. The Morgan fingerprint density at radius 3 is 2.67 bits per heavy atom. The molecule has 0 fully saturated rings. The van der Waals surface area contributed by atoms with Crippen LogP contribution in [0.2, 0.25) is 0 Å². The van der Waals surface area contributed by atoms with Gasteiger partial charge in [0.15, 0.2) is 0 Å². The predicted octanol–water partition coefficient (Wildman–Crippen LogP) is 0.590. The monoisotopic (exact) mass is 208 g/mol. The third kappa shape index (κ3) is 2.98. The highest BCUT2D eigenvalue weighted by Crippen LogP contribution is 2.17. The number of carbonyl (C=O) groups excluding carboxylic acids is 1. The van der Waals surface area contributed by atoms with Gasteiger partial charge in [0.05, 0.1) is 12.1 Å². The molecule has 0 aliphatic carbocycles. The van der Waals surface area contributed by atoms with E-state index in [4.69, 9.17) is 10.8 Å². The van der Waals surface area contributed by atoms with Crippen LogP contribution in [0.5, 0.6) is 0 Å². The topological polar surface area (TPSA) is 92.4 Å². The minimum Gasteiger partial charge on any atom is -0.478 e. The number of benzene rings is 1. The van der Waals surface area contributed by atoms with E-state index in [0.717, 1.165) is 5.56 Å². The van der Waals surface area contributed by atoms with Crippen LogP contribution in [0.25, 0.3) is 0 Å². The Morgan fingerprint density at radius 2 is 2.13 bits per heavy atom. The summed E-state index contributed by atoms with van der Waals surface area (Å²) in [5, 5.41) is 11.5. The number of aryl methyl sites for hydroxylation is 1. The van der Waals surface area contributed by atoms with Crippen molar-refractivity contribution >= 4 is 17.6 Å². The maximum absolute atomic E-state index is 10.8. The quantitative estimate of drug-likeness (QED) is 0.675. The van der Waals surface area contributed by atoms with E-state index in [2.05, 4.69) is 5.32 Å². The molecule has 5 nitrogen and oxygen atoms in total. The average molecular weight is 208 g/mol. The van der Waals surface area contributed by atoms with Crippen molar-refractivity contribution in [3.63, 3.8) is 0 Å². The van der Waals surface area contributed by atoms with Crippen LogP contribution in [-0.4, -0.2) is 23.5 Å². The SMILES string of the molecule is Cc1ccc(C(=O)O)c(NCC(N)=O)c1. The molecular weight excluding hydrogens is 196 g/mol. The fraction of sp³-hybridized carbons (Fsp3) is 0.200. The molecule has 0 aromatic heterocycles. The number of carbonyl (C=O) groups is 2. The van der Waals surface area contributed by atoms with Crippen molar-refractivity contribution in [1.29, 1.82) is 0 Å². The van der Waals surface area contributed by atoms with E-state index in [1.165, 1.54) is 6.07 Å². The summed E-state index contributed by atoms with van der Waals surface area (Å²) in [6.07, 6.45) is 0. The van der Waals surface area contributed by atoms with Crippen LogP contribution in [0.1, 0.15) is 15.9 Å². The summed E-state index contributed by atoms with van der Waals surface area (Å²) in [5.41, 5.74) is 6.40. The second-order valence-corrected chi connectivity index (χ2v) is 3.17. The first kappa shape index (κ1) is 11.0. The van der Waals surface area contributed by atoms with Crippen molar-refractivity contribution in [2.45, 2.75) is 6.92 Å². The molecule has 0 saturated heterocycles. The van der Waals surface area contributed by atoms with Crippen LogP contribution >= 0.6 is 0 Å². The number of hydrogen-bond donors (Lipinski definition) is 3. The molecule has 0 aliphatic rings. The van der Waals surface area contributed by atoms with Gasteiger partial charge in [-0.05, 0) is 24.6 Å². The molecule has 0 unspecified atom stereocenters. The molecule has 1 rings (SSSR count). The highest BCUT2D eigenvalue weighted by atomic mass is 16.4. The smallest absolute Gasteiger partial charge is 0.337 e. The molecule has 0 aliphatic heterocycles. The van der Waals surface area contributed by atoms with Gasteiger partial charge in [-0.15, -0.1) is 0 Å². The Labute approximate surface area is 86.9 Å². The first-order valence-corrected chi connectivity index (χ1v) is 4.37. The van der Waals surface area contributed by atoms with E-state index in [1.807, 2.05) is 6.92 Å². The second-order valence-electron chi connectivity index (χ2n) is 3.17. The summed E-state index contributed by atoms with van der Waals surface area (Å²) in [6.45, 7) is 1.75. The summed E-state index contributed by atoms with van der Waals surface area (Å²) in [4.78, 5) is 21.4. The predicted molar refractivity (Wildman–Crippen MR) is 55.8 cm³/mol. The van der Waals surface area contributed by atoms with Gasteiger partial charge >= 0.3 is 5.97 Å². The third-order valence-corrected chi connectivity index (χ3v) is 1.86. The minimum absolute atomic E-state index is 0.0796. The minimum atomic E-state index is -1.04. The molecule has 4 N–H and O–H groups in total. The molecule has 0 atom stereocenters. The molecule has 1 amide bonds. The zero-order chi connectivity index (χ0) is 11.4. The van der Waals surface area contributed by atoms with E-state index < -0.39 is 11.9 Å². The molecule has 0 heterocycles. The van der Waals surface area contributed by atoms with E-state index in [0.29, 0.717) is 5.69 Å². The van der Waals surface area contributed by atoms with Gasteiger partial charge < -0.3 is 16.2 Å². The van der Waals surface area contributed by atoms with Gasteiger partial charge in [-0.2, -0.15) is 0 Å². The van der Waals surface area contributed by atoms with Crippen LogP contribution in [0.4, 0.5) is 5.69 Å². The fourth-order valence-corrected chi connectivity index (χ4v) is 1.17. The Morgan fingerprint density at radius 1 is 1.47 bits per heavy atom. The van der Waals surface area contributed by atoms with E-state index in [9.17, 15) is 9.59 Å². The average Bonchev–Trinajstić information content (AvgIpc) is 2.14. The maximum Gasteiger partial charge on any atom is 0.337 e. The lowest BCUT2D eigenvalue weighted by molar-refractivity contribution is -0.116. The highest BCUT2D eigenvalue weighted by molar-refractivity contribution is 5.95. The third-order valence-electron chi connectivity index (χ3n) is 1.86. The molecule has 15 heavy (non-hydrogen) atoms. The van der Waals surface area contributed by atoms with Crippen molar-refractivity contribution in [1.82, 2.24) is 0 Å². The van der Waals surface area contributed by atoms with Gasteiger partial charge in [0, 0.05) is 5.69 Å².